The van der Waals surface area contributed by atoms with Gasteiger partial charge in [0.15, 0.2) is 0 Å². The van der Waals surface area contributed by atoms with Crippen molar-refractivity contribution in [2.24, 2.45) is 0 Å². The number of carbonyl (C=O) groups excluding carboxylic acids is 4. The molecule has 0 spiro atoms. The third kappa shape index (κ3) is 4.00. The Morgan fingerprint density at radius 1 is 1.09 bits per heavy atom. The highest BCUT2D eigenvalue weighted by Crippen LogP contribution is 2.32. The van der Waals surface area contributed by atoms with Crippen LogP contribution in [0.1, 0.15) is 34.3 Å². The molecule has 2 aliphatic heterocycles. The van der Waals surface area contributed by atoms with Crippen LogP contribution in [0.15, 0.2) is 60.9 Å². The molecule has 0 saturated carbocycles. The molecule has 1 saturated heterocycles. The van der Waals surface area contributed by atoms with Crippen LogP contribution in [-0.4, -0.2) is 44.4 Å². The maximum absolute atomic E-state index is 12.9. The molecule has 0 aliphatic carbocycles. The van der Waals surface area contributed by atoms with E-state index >= 15 is 0 Å². The van der Waals surface area contributed by atoms with E-state index in [1.165, 1.54) is 4.90 Å². The van der Waals surface area contributed by atoms with Crippen molar-refractivity contribution in [2.75, 3.05) is 5.32 Å². The van der Waals surface area contributed by atoms with Gasteiger partial charge in [0.2, 0.25) is 17.7 Å². The van der Waals surface area contributed by atoms with Crippen LogP contribution in [0.5, 0.6) is 0 Å². The Bertz CT molecular complexity index is 1270. The minimum absolute atomic E-state index is 0.126. The lowest BCUT2D eigenvalue weighted by atomic mass is 10.0. The van der Waals surface area contributed by atoms with Crippen LogP contribution in [0.3, 0.4) is 0 Å². The number of carbonyl (C=O) groups is 4. The Morgan fingerprint density at radius 2 is 1.91 bits per heavy atom. The summed E-state index contributed by atoms with van der Waals surface area (Å²) in [4.78, 5) is 50.8. The molecule has 9 heteroatoms. The fourth-order valence-electron chi connectivity index (χ4n) is 4.26. The summed E-state index contributed by atoms with van der Waals surface area (Å²) in [5.41, 5.74) is 3.31. The second kappa shape index (κ2) is 8.34. The first-order chi connectivity index (χ1) is 16.0. The van der Waals surface area contributed by atoms with Gasteiger partial charge < -0.3 is 10.2 Å². The predicted molar refractivity (Wildman–Crippen MR) is 118 cm³/mol. The zero-order valence-corrected chi connectivity index (χ0v) is 17.7. The summed E-state index contributed by atoms with van der Waals surface area (Å²) in [6.45, 7) is 0.197. The number of nitrogens with zero attached hydrogens (tertiary/aromatic N) is 3. The van der Waals surface area contributed by atoms with E-state index < -0.39 is 11.9 Å². The van der Waals surface area contributed by atoms with E-state index in [1.807, 2.05) is 30.3 Å². The summed E-state index contributed by atoms with van der Waals surface area (Å²) < 4.78 is 1.71. The van der Waals surface area contributed by atoms with Crippen LogP contribution >= 0.6 is 0 Å². The van der Waals surface area contributed by atoms with E-state index in [0.717, 1.165) is 11.3 Å². The lowest BCUT2D eigenvalue weighted by Gasteiger charge is -2.29. The molecule has 1 unspecified atom stereocenters. The zero-order chi connectivity index (χ0) is 22.9. The van der Waals surface area contributed by atoms with Gasteiger partial charge in [0.05, 0.1) is 18.3 Å². The molecule has 166 valence electrons. The van der Waals surface area contributed by atoms with Crippen LogP contribution in [0.25, 0.3) is 5.69 Å². The lowest BCUT2D eigenvalue weighted by molar-refractivity contribution is -0.137. The second-order valence-electron chi connectivity index (χ2n) is 8.09. The Hall–Kier alpha value is -4.27. The van der Waals surface area contributed by atoms with E-state index in [1.54, 1.807) is 35.3 Å². The van der Waals surface area contributed by atoms with Crippen LogP contribution in [0.2, 0.25) is 0 Å². The van der Waals surface area contributed by atoms with E-state index in [2.05, 4.69) is 15.7 Å². The molecule has 4 amide bonds. The van der Waals surface area contributed by atoms with Crippen LogP contribution in [-0.2, 0) is 27.3 Å². The topological polar surface area (TPSA) is 113 Å². The van der Waals surface area contributed by atoms with Crippen molar-refractivity contribution < 1.29 is 19.2 Å². The first kappa shape index (κ1) is 20.6. The van der Waals surface area contributed by atoms with Crippen molar-refractivity contribution in [3.8, 4) is 5.69 Å². The van der Waals surface area contributed by atoms with Gasteiger partial charge in [-0.25, -0.2) is 4.68 Å². The van der Waals surface area contributed by atoms with Crippen molar-refractivity contribution in [3.63, 3.8) is 0 Å². The maximum atomic E-state index is 12.9. The predicted octanol–water partition coefficient (Wildman–Crippen LogP) is 1.81. The summed E-state index contributed by atoms with van der Waals surface area (Å²) >= 11 is 0. The summed E-state index contributed by atoms with van der Waals surface area (Å²) in [6, 6.07) is 14.0. The summed E-state index contributed by atoms with van der Waals surface area (Å²) in [5, 5.41) is 9.50. The van der Waals surface area contributed by atoms with Crippen LogP contribution in [0, 0.1) is 0 Å². The largest absolute Gasteiger partial charge is 0.325 e. The van der Waals surface area contributed by atoms with E-state index in [0.29, 0.717) is 16.8 Å². The fourth-order valence-corrected chi connectivity index (χ4v) is 4.26. The maximum Gasteiger partial charge on any atom is 0.255 e. The third-order valence-electron chi connectivity index (χ3n) is 5.88. The molecule has 3 aromatic rings. The molecule has 0 radical (unpaired) electrons. The highest BCUT2D eigenvalue weighted by molar-refractivity contribution is 6.06. The van der Waals surface area contributed by atoms with Gasteiger partial charge >= 0.3 is 0 Å². The van der Waals surface area contributed by atoms with E-state index in [4.69, 9.17) is 0 Å². The van der Waals surface area contributed by atoms with Crippen molar-refractivity contribution in [2.45, 2.75) is 31.8 Å². The molecule has 2 aromatic carbocycles. The average molecular weight is 443 g/mol. The Kier molecular flexibility index (Phi) is 5.21. The number of anilines is 1. The molecule has 0 bridgehead atoms. The van der Waals surface area contributed by atoms with Crippen LogP contribution in [0.4, 0.5) is 5.69 Å². The second-order valence-corrected chi connectivity index (χ2v) is 8.09. The summed E-state index contributed by atoms with van der Waals surface area (Å²) in [5.74, 6) is -1.31. The normalized spacial score (nSPS) is 17.6. The number of rotatable bonds is 5. The number of amides is 4. The van der Waals surface area contributed by atoms with Crippen molar-refractivity contribution in [3.05, 3.63) is 77.6 Å². The average Bonchev–Trinajstić information content (AvgIpc) is 3.40. The Balaban J connectivity index is 1.29. The first-order valence-electron chi connectivity index (χ1n) is 10.6. The molecule has 1 aromatic heterocycles. The molecule has 5 rings (SSSR count). The minimum atomic E-state index is -0.699. The molecule has 3 heterocycles. The number of aromatic nitrogens is 2. The first-order valence-corrected chi connectivity index (χ1v) is 10.6. The van der Waals surface area contributed by atoms with Gasteiger partial charge in [-0.05, 0) is 36.2 Å². The molecular weight excluding hydrogens is 422 g/mol. The number of fused-ring (bicyclic) bond motifs is 1. The number of hydrogen-bond donors (Lipinski definition) is 2. The van der Waals surface area contributed by atoms with Gasteiger partial charge in [0.25, 0.3) is 5.91 Å². The van der Waals surface area contributed by atoms with Crippen LogP contribution < -0.4 is 10.6 Å². The third-order valence-corrected chi connectivity index (χ3v) is 5.88. The molecule has 33 heavy (non-hydrogen) atoms. The molecule has 1 fully saturated rings. The lowest BCUT2D eigenvalue weighted by Crippen LogP contribution is -2.52. The van der Waals surface area contributed by atoms with Crippen molar-refractivity contribution in [1.82, 2.24) is 20.0 Å². The van der Waals surface area contributed by atoms with Gasteiger partial charge in [0.1, 0.15) is 6.04 Å². The van der Waals surface area contributed by atoms with Gasteiger partial charge in [-0.1, -0.05) is 24.3 Å². The number of benzene rings is 2. The van der Waals surface area contributed by atoms with Gasteiger partial charge in [-0.2, -0.15) is 5.10 Å². The molecule has 9 nitrogen and oxygen atoms in total. The number of piperidine rings is 1. The standard InChI is InChI=1S/C24H21N5O4/c30-21-10-9-20(23(32)27-21)28-14-18-17(24(28)33)7-4-8-19(18)26-22(31)11-15-12-25-29(13-15)16-5-2-1-3-6-16/h1-8,12-13,20H,9-11,14H2,(H,26,31)(H,27,30,32). The number of nitrogens with one attached hydrogen (secondary N) is 2. The number of para-hydroxylation sites is 1. The Labute approximate surface area is 189 Å². The molecule has 2 N–H and O–H groups in total. The summed E-state index contributed by atoms with van der Waals surface area (Å²) in [6.07, 6.45) is 4.06. The van der Waals surface area contributed by atoms with Gasteiger partial charge in [0, 0.05) is 36.0 Å². The molecule has 1 atom stereocenters. The molecular formula is C24H21N5O4. The van der Waals surface area contributed by atoms with Gasteiger partial charge in [-0.3, -0.25) is 24.5 Å². The monoisotopic (exact) mass is 443 g/mol. The molecule has 2 aliphatic rings. The van der Waals surface area contributed by atoms with Crippen molar-refractivity contribution >= 4 is 29.3 Å². The summed E-state index contributed by atoms with van der Waals surface area (Å²) in [7, 11) is 0. The van der Waals surface area contributed by atoms with Gasteiger partial charge in [-0.15, -0.1) is 0 Å². The fraction of sp³-hybridized carbons (Fsp3) is 0.208. The Morgan fingerprint density at radius 3 is 2.70 bits per heavy atom. The smallest absolute Gasteiger partial charge is 0.255 e. The van der Waals surface area contributed by atoms with E-state index in [9.17, 15) is 19.2 Å². The highest BCUT2D eigenvalue weighted by atomic mass is 16.2. The van der Waals surface area contributed by atoms with E-state index in [-0.39, 0.29) is 43.5 Å². The minimum Gasteiger partial charge on any atom is -0.325 e. The zero-order valence-electron chi connectivity index (χ0n) is 17.7. The quantitative estimate of drug-likeness (QED) is 0.584. The highest BCUT2D eigenvalue weighted by Gasteiger charge is 2.39. The SMILES string of the molecule is O=C1CCC(N2Cc3c(NC(=O)Cc4cnn(-c5ccccc5)c4)cccc3C2=O)C(=O)N1. The number of imide groups is 1. The number of hydrogen-bond acceptors (Lipinski definition) is 5. The van der Waals surface area contributed by atoms with Crippen molar-refractivity contribution in [1.29, 1.82) is 0 Å².